The van der Waals surface area contributed by atoms with Crippen molar-refractivity contribution in [2.75, 3.05) is 5.32 Å². The molecule has 0 radical (unpaired) electrons. The van der Waals surface area contributed by atoms with Crippen molar-refractivity contribution in [1.29, 1.82) is 0 Å². The molecule has 4 heteroatoms. The molecule has 0 saturated heterocycles. The number of nitrogens with two attached hydrogens (primary N) is 1. The number of halogens is 1. The van der Waals surface area contributed by atoms with Crippen LogP contribution < -0.4 is 11.1 Å². The highest BCUT2D eigenvalue weighted by molar-refractivity contribution is 6.30. The van der Waals surface area contributed by atoms with E-state index in [1.54, 1.807) is 0 Å². The van der Waals surface area contributed by atoms with Crippen LogP contribution in [0.4, 0.5) is 5.69 Å². The first-order valence-electron chi connectivity index (χ1n) is 6.89. The molecule has 1 aromatic carbocycles. The van der Waals surface area contributed by atoms with Crippen LogP contribution in [0.3, 0.4) is 0 Å². The molecule has 1 aliphatic carbocycles. The van der Waals surface area contributed by atoms with E-state index in [9.17, 15) is 4.79 Å². The van der Waals surface area contributed by atoms with E-state index in [4.69, 9.17) is 17.3 Å². The summed E-state index contributed by atoms with van der Waals surface area (Å²) in [6.45, 7) is 2.17. The maximum absolute atomic E-state index is 11.9. The lowest BCUT2D eigenvalue weighted by molar-refractivity contribution is -0.123. The minimum absolute atomic E-state index is 0.249. The van der Waals surface area contributed by atoms with Gasteiger partial charge in [0.05, 0.1) is 0 Å². The average molecular weight is 281 g/mol. The first-order chi connectivity index (χ1) is 9.05. The van der Waals surface area contributed by atoms with E-state index in [0.717, 1.165) is 31.4 Å². The normalized spacial score (nSPS) is 26.9. The topological polar surface area (TPSA) is 55.1 Å². The van der Waals surface area contributed by atoms with Gasteiger partial charge in [0.2, 0.25) is 5.91 Å². The zero-order chi connectivity index (χ0) is 13.9. The molecule has 0 spiro atoms. The summed E-state index contributed by atoms with van der Waals surface area (Å²) in [5.74, 6) is 0.321. The van der Waals surface area contributed by atoms with E-state index in [1.165, 1.54) is 6.42 Å². The van der Waals surface area contributed by atoms with Gasteiger partial charge in [0.25, 0.3) is 0 Å². The highest BCUT2D eigenvalue weighted by Gasteiger charge is 2.40. The van der Waals surface area contributed by atoms with E-state index < -0.39 is 5.54 Å². The van der Waals surface area contributed by atoms with Gasteiger partial charge in [-0.25, -0.2) is 0 Å². The Kier molecular flexibility index (Phi) is 4.35. The Hall–Kier alpha value is -1.22. The van der Waals surface area contributed by atoms with Crippen LogP contribution in [0.5, 0.6) is 0 Å². The molecule has 0 heterocycles. The summed E-state index contributed by atoms with van der Waals surface area (Å²) in [5, 5.41) is 4.04. The van der Waals surface area contributed by atoms with E-state index in [0.29, 0.717) is 10.9 Å². The molecule has 1 saturated carbocycles. The van der Waals surface area contributed by atoms with Crippen molar-refractivity contribution in [2.24, 2.45) is 11.7 Å². The smallest absolute Gasteiger partial charge is 0.243 e. The number of rotatable bonds is 4. The zero-order valence-corrected chi connectivity index (χ0v) is 12.0. The molecule has 104 valence electrons. The Morgan fingerprint density at radius 3 is 2.74 bits per heavy atom. The molecule has 0 aromatic heterocycles. The van der Waals surface area contributed by atoms with Gasteiger partial charge in [-0.3, -0.25) is 4.79 Å². The van der Waals surface area contributed by atoms with Crippen LogP contribution in [0.1, 0.15) is 39.0 Å². The fraction of sp³-hybridized carbons (Fsp3) is 0.533. The number of hydrogen-bond donors (Lipinski definition) is 2. The van der Waals surface area contributed by atoms with E-state index in [1.807, 2.05) is 24.3 Å². The summed E-state index contributed by atoms with van der Waals surface area (Å²) >= 11 is 5.88. The standard InChI is InChI=1S/C15H21ClN2O/c1-2-11-4-3-9-15(10-11,14(17)19)18-13-7-5-12(16)6-8-13/h5-8,11,18H,2-4,9-10H2,1H3,(H2,17,19). The predicted molar refractivity (Wildman–Crippen MR) is 79.2 cm³/mol. The van der Waals surface area contributed by atoms with Gasteiger partial charge in [0.1, 0.15) is 5.54 Å². The Morgan fingerprint density at radius 2 is 2.16 bits per heavy atom. The second-order valence-electron chi connectivity index (χ2n) is 5.45. The zero-order valence-electron chi connectivity index (χ0n) is 11.3. The second-order valence-corrected chi connectivity index (χ2v) is 5.89. The van der Waals surface area contributed by atoms with Crippen molar-refractivity contribution in [2.45, 2.75) is 44.6 Å². The molecular weight excluding hydrogens is 260 g/mol. The quantitative estimate of drug-likeness (QED) is 0.886. The molecule has 1 aromatic rings. The van der Waals surface area contributed by atoms with E-state index >= 15 is 0 Å². The largest absolute Gasteiger partial charge is 0.371 e. The molecule has 0 aliphatic heterocycles. The summed E-state index contributed by atoms with van der Waals surface area (Å²) in [7, 11) is 0. The molecule has 0 bridgehead atoms. The summed E-state index contributed by atoms with van der Waals surface area (Å²) in [6, 6.07) is 7.42. The van der Waals surface area contributed by atoms with Crippen LogP contribution in [0.15, 0.2) is 24.3 Å². The van der Waals surface area contributed by atoms with Crippen molar-refractivity contribution in [1.82, 2.24) is 0 Å². The number of nitrogens with one attached hydrogen (secondary N) is 1. The van der Waals surface area contributed by atoms with Gasteiger partial charge in [-0.05, 0) is 43.0 Å². The molecule has 1 amide bonds. The molecule has 1 fully saturated rings. The molecule has 1 aliphatic rings. The molecular formula is C15H21ClN2O. The highest BCUT2D eigenvalue weighted by atomic mass is 35.5. The van der Waals surface area contributed by atoms with Crippen molar-refractivity contribution in [3.63, 3.8) is 0 Å². The molecule has 2 atom stereocenters. The van der Waals surface area contributed by atoms with E-state index in [-0.39, 0.29) is 5.91 Å². The maximum atomic E-state index is 11.9. The molecule has 2 rings (SSSR count). The monoisotopic (exact) mass is 280 g/mol. The van der Waals surface area contributed by atoms with Gasteiger partial charge in [-0.15, -0.1) is 0 Å². The Labute approximate surface area is 119 Å². The van der Waals surface area contributed by atoms with Gasteiger partial charge in [-0.1, -0.05) is 37.8 Å². The fourth-order valence-corrected chi connectivity index (χ4v) is 3.07. The molecule has 2 unspecified atom stereocenters. The Bertz CT molecular complexity index is 446. The number of amides is 1. The molecule has 19 heavy (non-hydrogen) atoms. The summed E-state index contributed by atoms with van der Waals surface area (Å²) < 4.78 is 0. The number of carbonyl (C=O) groups is 1. The number of hydrogen-bond acceptors (Lipinski definition) is 2. The van der Waals surface area contributed by atoms with Crippen molar-refractivity contribution >= 4 is 23.2 Å². The summed E-state index contributed by atoms with van der Waals surface area (Å²) in [4.78, 5) is 11.9. The second kappa shape index (κ2) is 5.83. The van der Waals surface area contributed by atoms with Gasteiger partial charge in [0.15, 0.2) is 0 Å². The van der Waals surface area contributed by atoms with Crippen LogP contribution >= 0.6 is 11.6 Å². The van der Waals surface area contributed by atoms with Crippen LogP contribution in [0.2, 0.25) is 5.02 Å². The molecule has 3 nitrogen and oxygen atoms in total. The third kappa shape index (κ3) is 3.21. The van der Waals surface area contributed by atoms with E-state index in [2.05, 4.69) is 12.2 Å². The van der Waals surface area contributed by atoms with Crippen molar-refractivity contribution < 1.29 is 4.79 Å². The number of primary amides is 1. The van der Waals surface area contributed by atoms with Gasteiger partial charge in [0, 0.05) is 10.7 Å². The van der Waals surface area contributed by atoms with Crippen LogP contribution in [0.25, 0.3) is 0 Å². The van der Waals surface area contributed by atoms with Crippen LogP contribution in [-0.4, -0.2) is 11.4 Å². The third-order valence-corrected chi connectivity index (χ3v) is 4.38. The number of benzene rings is 1. The minimum Gasteiger partial charge on any atom is -0.371 e. The lowest BCUT2D eigenvalue weighted by Crippen LogP contribution is -2.53. The lowest BCUT2D eigenvalue weighted by Gasteiger charge is -2.39. The van der Waals surface area contributed by atoms with Crippen molar-refractivity contribution in [3.05, 3.63) is 29.3 Å². The van der Waals surface area contributed by atoms with Crippen LogP contribution in [-0.2, 0) is 4.79 Å². The summed E-state index contributed by atoms with van der Waals surface area (Å²) in [5.41, 5.74) is 5.97. The van der Waals surface area contributed by atoms with Gasteiger partial charge < -0.3 is 11.1 Å². The SMILES string of the molecule is CCC1CCCC(Nc2ccc(Cl)cc2)(C(N)=O)C1. The summed E-state index contributed by atoms with van der Waals surface area (Å²) in [6.07, 6.45) is 4.95. The Morgan fingerprint density at radius 1 is 1.47 bits per heavy atom. The first kappa shape index (κ1) is 14.2. The maximum Gasteiger partial charge on any atom is 0.243 e. The van der Waals surface area contributed by atoms with Crippen LogP contribution in [0, 0.1) is 5.92 Å². The molecule has 3 N–H and O–H groups in total. The predicted octanol–water partition coefficient (Wildman–Crippen LogP) is 3.58. The number of anilines is 1. The highest BCUT2D eigenvalue weighted by Crippen LogP contribution is 2.36. The fourth-order valence-electron chi connectivity index (χ4n) is 2.95. The van der Waals surface area contributed by atoms with Gasteiger partial charge in [-0.2, -0.15) is 0 Å². The number of carbonyl (C=O) groups excluding carboxylic acids is 1. The van der Waals surface area contributed by atoms with Gasteiger partial charge >= 0.3 is 0 Å². The first-order valence-corrected chi connectivity index (χ1v) is 7.27. The lowest BCUT2D eigenvalue weighted by atomic mass is 9.74. The minimum atomic E-state index is -0.604. The Balaban J connectivity index is 2.19. The third-order valence-electron chi connectivity index (χ3n) is 4.13. The van der Waals surface area contributed by atoms with Crippen molar-refractivity contribution in [3.8, 4) is 0 Å². The average Bonchev–Trinajstić information content (AvgIpc) is 2.41.